The lowest BCUT2D eigenvalue weighted by molar-refractivity contribution is -0.146. The Hall–Kier alpha value is -1.06. The number of carbonyl (C=O) groups excluding carboxylic acids is 1. The van der Waals surface area contributed by atoms with E-state index in [0.717, 1.165) is 19.3 Å². The van der Waals surface area contributed by atoms with Gasteiger partial charge < -0.3 is 9.84 Å². The van der Waals surface area contributed by atoms with E-state index in [1.54, 1.807) is 0 Å². The molecule has 0 heterocycles. The summed E-state index contributed by atoms with van der Waals surface area (Å²) in [6.45, 7) is 2.26. The van der Waals surface area contributed by atoms with Crippen LogP contribution in [-0.4, -0.2) is 24.2 Å². The van der Waals surface area contributed by atoms with Gasteiger partial charge in [-0.1, -0.05) is 90.4 Å². The molecular formula is C22H42O4. The Kier molecular flexibility index (Phi) is 18.0. The average Bonchev–Trinajstić information content (AvgIpc) is 2.63. The van der Waals surface area contributed by atoms with Crippen LogP contribution >= 0.6 is 0 Å². The summed E-state index contributed by atoms with van der Waals surface area (Å²) < 4.78 is 4.85. The van der Waals surface area contributed by atoms with Gasteiger partial charge in [-0.05, 0) is 19.3 Å². The molecule has 0 aliphatic carbocycles. The molecule has 0 aromatic carbocycles. The van der Waals surface area contributed by atoms with Crippen LogP contribution in [0.1, 0.15) is 116 Å². The molecule has 0 aromatic heterocycles. The van der Waals surface area contributed by atoms with Crippen LogP contribution in [0.2, 0.25) is 0 Å². The van der Waals surface area contributed by atoms with Crippen molar-refractivity contribution in [3.8, 4) is 0 Å². The normalized spacial score (nSPS) is 12.1. The molecule has 0 amide bonds. The summed E-state index contributed by atoms with van der Waals surface area (Å²) in [5.74, 6) is -1.11. The molecule has 0 fully saturated rings. The van der Waals surface area contributed by atoms with Gasteiger partial charge in [-0.15, -0.1) is 0 Å². The molecule has 0 aromatic rings. The van der Waals surface area contributed by atoms with Crippen LogP contribution in [0.3, 0.4) is 0 Å². The van der Waals surface area contributed by atoms with Gasteiger partial charge in [0.2, 0.25) is 0 Å². The fourth-order valence-electron chi connectivity index (χ4n) is 3.45. The van der Waals surface area contributed by atoms with Gasteiger partial charge in [0, 0.05) is 6.42 Å². The number of carbonyl (C=O) groups is 2. The molecule has 154 valence electrons. The highest BCUT2D eigenvalue weighted by Crippen LogP contribution is 2.19. The zero-order valence-electron chi connectivity index (χ0n) is 17.3. The third-order valence-electron chi connectivity index (χ3n) is 5.13. The van der Waals surface area contributed by atoms with E-state index >= 15 is 0 Å². The van der Waals surface area contributed by atoms with Crippen LogP contribution in [0.25, 0.3) is 0 Å². The Morgan fingerprint density at radius 2 is 1.15 bits per heavy atom. The lowest BCUT2D eigenvalue weighted by Gasteiger charge is -2.13. The van der Waals surface area contributed by atoms with Crippen LogP contribution in [-0.2, 0) is 14.3 Å². The van der Waals surface area contributed by atoms with Crippen molar-refractivity contribution in [3.63, 3.8) is 0 Å². The molecule has 1 atom stereocenters. The average molecular weight is 371 g/mol. The second-order valence-corrected chi connectivity index (χ2v) is 7.54. The first-order valence-corrected chi connectivity index (χ1v) is 10.9. The van der Waals surface area contributed by atoms with E-state index in [4.69, 9.17) is 9.84 Å². The van der Waals surface area contributed by atoms with Gasteiger partial charge in [0.15, 0.2) is 0 Å². The van der Waals surface area contributed by atoms with E-state index in [1.165, 1.54) is 77.7 Å². The van der Waals surface area contributed by atoms with Gasteiger partial charge in [-0.2, -0.15) is 0 Å². The fraction of sp³-hybridized carbons (Fsp3) is 0.909. The van der Waals surface area contributed by atoms with E-state index in [9.17, 15) is 9.59 Å². The van der Waals surface area contributed by atoms with E-state index in [-0.39, 0.29) is 18.3 Å². The van der Waals surface area contributed by atoms with Crippen LogP contribution in [0.5, 0.6) is 0 Å². The molecule has 0 radical (unpaired) electrons. The highest BCUT2D eigenvalue weighted by Gasteiger charge is 2.18. The number of aliphatic carboxylic acids is 1. The number of carboxylic acids is 1. The summed E-state index contributed by atoms with van der Waals surface area (Å²) in [5.41, 5.74) is 0. The summed E-state index contributed by atoms with van der Waals surface area (Å²) in [7, 11) is 1.41. The van der Waals surface area contributed by atoms with Crippen LogP contribution < -0.4 is 0 Å². The molecule has 4 nitrogen and oxygen atoms in total. The van der Waals surface area contributed by atoms with Crippen molar-refractivity contribution < 1.29 is 19.4 Å². The van der Waals surface area contributed by atoms with Crippen molar-refractivity contribution in [2.45, 2.75) is 116 Å². The Morgan fingerprint density at radius 1 is 0.731 bits per heavy atom. The first kappa shape index (κ1) is 24.9. The number of carboxylic acid groups (broad SMARTS) is 1. The Bertz CT molecular complexity index is 341. The van der Waals surface area contributed by atoms with Gasteiger partial charge in [0.05, 0.1) is 13.0 Å². The van der Waals surface area contributed by atoms with E-state index < -0.39 is 5.97 Å². The molecule has 0 rings (SSSR count). The quantitative estimate of drug-likeness (QED) is 0.208. The molecule has 1 N–H and O–H groups in total. The van der Waals surface area contributed by atoms with Crippen molar-refractivity contribution in [1.29, 1.82) is 0 Å². The zero-order valence-corrected chi connectivity index (χ0v) is 17.3. The number of ether oxygens (including phenoxy) is 1. The molecule has 4 heteroatoms. The highest BCUT2D eigenvalue weighted by molar-refractivity contribution is 5.72. The van der Waals surface area contributed by atoms with Crippen LogP contribution in [0.4, 0.5) is 0 Å². The molecule has 0 saturated heterocycles. The van der Waals surface area contributed by atoms with Crippen LogP contribution in [0.15, 0.2) is 0 Å². The molecule has 26 heavy (non-hydrogen) atoms. The first-order chi connectivity index (χ1) is 12.6. The Labute approximate surface area is 161 Å². The maximum absolute atomic E-state index is 11.8. The summed E-state index contributed by atoms with van der Waals surface area (Å²) in [5, 5.41) is 8.70. The number of esters is 1. The number of unbranched alkanes of at least 4 members (excludes halogenated alkanes) is 12. The molecule has 0 spiro atoms. The van der Waals surface area contributed by atoms with Gasteiger partial charge in [0.25, 0.3) is 0 Å². The second kappa shape index (κ2) is 18.7. The van der Waals surface area contributed by atoms with Crippen molar-refractivity contribution in [1.82, 2.24) is 0 Å². The van der Waals surface area contributed by atoms with Gasteiger partial charge >= 0.3 is 11.9 Å². The van der Waals surface area contributed by atoms with E-state index in [0.29, 0.717) is 12.8 Å². The summed E-state index contributed by atoms with van der Waals surface area (Å²) >= 11 is 0. The minimum absolute atomic E-state index is 0.131. The number of methoxy groups -OCH3 is 1. The molecule has 0 saturated carbocycles. The van der Waals surface area contributed by atoms with Crippen molar-refractivity contribution >= 4 is 11.9 Å². The van der Waals surface area contributed by atoms with E-state index in [2.05, 4.69) is 6.92 Å². The third-order valence-corrected chi connectivity index (χ3v) is 5.13. The number of rotatable bonds is 19. The predicted octanol–water partition coefficient (Wildman–Crippen LogP) is 6.51. The van der Waals surface area contributed by atoms with Crippen molar-refractivity contribution in [3.05, 3.63) is 0 Å². The maximum Gasteiger partial charge on any atom is 0.308 e. The standard InChI is InChI=1S/C22H42O4/c1-3-4-5-6-7-8-9-10-11-12-13-14-15-17-20(22(25)26-2)18-16-19-21(23)24/h20H,3-19H2,1-2H3,(H,23,24). The number of hydrogen-bond acceptors (Lipinski definition) is 3. The first-order valence-electron chi connectivity index (χ1n) is 10.9. The smallest absolute Gasteiger partial charge is 0.308 e. The topological polar surface area (TPSA) is 63.6 Å². The lowest BCUT2D eigenvalue weighted by Crippen LogP contribution is -2.16. The van der Waals surface area contributed by atoms with Crippen LogP contribution in [0, 0.1) is 5.92 Å². The summed E-state index contributed by atoms with van der Waals surface area (Å²) in [4.78, 5) is 22.4. The predicted molar refractivity (Wildman–Crippen MR) is 107 cm³/mol. The summed E-state index contributed by atoms with van der Waals surface area (Å²) in [6, 6.07) is 0. The van der Waals surface area contributed by atoms with Gasteiger partial charge in [0.1, 0.15) is 0 Å². The molecule has 0 aliphatic heterocycles. The second-order valence-electron chi connectivity index (χ2n) is 7.54. The SMILES string of the molecule is CCCCCCCCCCCCCCCC(CCCC(=O)O)C(=O)OC. The fourth-order valence-corrected chi connectivity index (χ4v) is 3.45. The monoisotopic (exact) mass is 370 g/mol. The van der Waals surface area contributed by atoms with Gasteiger partial charge in [-0.3, -0.25) is 9.59 Å². The Balaban J connectivity index is 3.51. The lowest BCUT2D eigenvalue weighted by atomic mass is 9.95. The third kappa shape index (κ3) is 16.4. The van der Waals surface area contributed by atoms with E-state index in [1.807, 2.05) is 0 Å². The molecule has 0 bridgehead atoms. The maximum atomic E-state index is 11.8. The molecule has 1 unspecified atom stereocenters. The summed E-state index contributed by atoms with van der Waals surface area (Å²) in [6.07, 6.45) is 19.2. The zero-order chi connectivity index (χ0) is 19.5. The van der Waals surface area contributed by atoms with Gasteiger partial charge in [-0.25, -0.2) is 0 Å². The molecular weight excluding hydrogens is 328 g/mol. The largest absolute Gasteiger partial charge is 0.481 e. The Morgan fingerprint density at radius 3 is 1.58 bits per heavy atom. The number of hydrogen-bond donors (Lipinski definition) is 1. The van der Waals surface area contributed by atoms with Crippen molar-refractivity contribution in [2.24, 2.45) is 5.92 Å². The highest BCUT2D eigenvalue weighted by atomic mass is 16.5. The van der Waals surface area contributed by atoms with Crippen molar-refractivity contribution in [2.75, 3.05) is 7.11 Å². The molecule has 0 aliphatic rings. The minimum Gasteiger partial charge on any atom is -0.481 e. The minimum atomic E-state index is -0.797.